The molecule has 0 spiro atoms. The number of benzene rings is 3. The zero-order chi connectivity index (χ0) is 24.2. The second kappa shape index (κ2) is 10.1. The van der Waals surface area contributed by atoms with Gasteiger partial charge < -0.3 is 5.32 Å². The van der Waals surface area contributed by atoms with Crippen LogP contribution in [0.5, 0.6) is 0 Å². The Balaban J connectivity index is 1.38. The fraction of sp³-hybridized carbons (Fsp3) is 0.185. The van der Waals surface area contributed by atoms with Gasteiger partial charge in [-0.3, -0.25) is 18.6 Å². The Morgan fingerprint density at radius 1 is 0.943 bits per heavy atom. The zero-order valence-electron chi connectivity index (χ0n) is 19.3. The smallest absolute Gasteiger partial charge is 0.262 e. The molecule has 2 heterocycles. The lowest BCUT2D eigenvalue weighted by Gasteiger charge is -2.12. The number of aromatic nitrogens is 4. The fourth-order valence-electron chi connectivity index (χ4n) is 4.18. The Morgan fingerprint density at radius 3 is 2.51 bits per heavy atom. The second-order valence-electron chi connectivity index (χ2n) is 8.25. The maximum Gasteiger partial charge on any atom is 0.262 e. The summed E-state index contributed by atoms with van der Waals surface area (Å²) in [5.74, 6) is 0.534. The van der Waals surface area contributed by atoms with Gasteiger partial charge in [-0.2, -0.15) is 0 Å². The summed E-state index contributed by atoms with van der Waals surface area (Å²) in [6, 6.07) is 25.5. The standard InChI is InChI=1S/C27H25N5O2S/c1-2-16-31-25(34)21-13-7-9-15-23(21)32-26(31)29-30-27(32)35-18-24(33)28-22-14-8-6-12-20(22)17-19-10-4-3-5-11-19/h3-15H,2,16-18H2,1H3,(H,28,33). The van der Waals surface area contributed by atoms with Crippen molar-refractivity contribution in [3.63, 3.8) is 0 Å². The second-order valence-corrected chi connectivity index (χ2v) is 9.19. The number of nitrogens with one attached hydrogen (secondary N) is 1. The first-order valence-electron chi connectivity index (χ1n) is 11.6. The molecule has 0 saturated heterocycles. The highest BCUT2D eigenvalue weighted by Crippen LogP contribution is 2.23. The first-order valence-corrected chi connectivity index (χ1v) is 12.6. The van der Waals surface area contributed by atoms with Gasteiger partial charge in [-0.25, -0.2) is 0 Å². The Labute approximate surface area is 206 Å². The van der Waals surface area contributed by atoms with E-state index < -0.39 is 0 Å². The first-order chi connectivity index (χ1) is 17.2. The van der Waals surface area contributed by atoms with Crippen molar-refractivity contribution in [3.05, 3.63) is 100 Å². The Kier molecular flexibility index (Phi) is 6.63. The SMILES string of the molecule is CCCn1c(=O)c2ccccc2n2c(SCC(=O)Nc3ccccc3Cc3ccccc3)nnc12. The van der Waals surface area contributed by atoms with E-state index >= 15 is 0 Å². The van der Waals surface area contributed by atoms with E-state index in [9.17, 15) is 9.59 Å². The minimum Gasteiger partial charge on any atom is -0.325 e. The van der Waals surface area contributed by atoms with Crippen LogP contribution in [0.2, 0.25) is 0 Å². The zero-order valence-corrected chi connectivity index (χ0v) is 20.2. The van der Waals surface area contributed by atoms with Gasteiger partial charge in [0.2, 0.25) is 11.7 Å². The largest absolute Gasteiger partial charge is 0.325 e. The highest BCUT2D eigenvalue weighted by atomic mass is 32.2. The first kappa shape index (κ1) is 22.9. The highest BCUT2D eigenvalue weighted by Gasteiger charge is 2.17. The van der Waals surface area contributed by atoms with Crippen LogP contribution >= 0.6 is 11.8 Å². The molecule has 8 heteroatoms. The molecule has 0 bridgehead atoms. The highest BCUT2D eigenvalue weighted by molar-refractivity contribution is 7.99. The molecular weight excluding hydrogens is 458 g/mol. The molecule has 7 nitrogen and oxygen atoms in total. The van der Waals surface area contributed by atoms with E-state index in [0.717, 1.165) is 29.6 Å². The van der Waals surface area contributed by atoms with Crippen LogP contribution in [0.15, 0.2) is 88.8 Å². The predicted molar refractivity (Wildman–Crippen MR) is 140 cm³/mol. The molecule has 5 aromatic rings. The molecule has 0 fully saturated rings. The number of fused-ring (bicyclic) bond motifs is 3. The lowest BCUT2D eigenvalue weighted by Crippen LogP contribution is -2.23. The molecule has 176 valence electrons. The molecule has 3 aromatic carbocycles. The van der Waals surface area contributed by atoms with Gasteiger partial charge in [-0.05, 0) is 42.2 Å². The maximum absolute atomic E-state index is 13.0. The summed E-state index contributed by atoms with van der Waals surface area (Å²) in [6.07, 6.45) is 1.54. The van der Waals surface area contributed by atoms with E-state index in [1.807, 2.05) is 78.1 Å². The molecular formula is C27H25N5O2S. The van der Waals surface area contributed by atoms with Crippen molar-refractivity contribution in [1.82, 2.24) is 19.2 Å². The number of carbonyl (C=O) groups excluding carboxylic acids is 1. The van der Waals surface area contributed by atoms with Crippen molar-refractivity contribution in [3.8, 4) is 0 Å². The van der Waals surface area contributed by atoms with Crippen LogP contribution in [0.4, 0.5) is 5.69 Å². The summed E-state index contributed by atoms with van der Waals surface area (Å²) in [4.78, 5) is 25.9. The van der Waals surface area contributed by atoms with Crippen molar-refractivity contribution in [2.24, 2.45) is 0 Å². The molecule has 0 aliphatic rings. The van der Waals surface area contributed by atoms with E-state index in [4.69, 9.17) is 0 Å². The van der Waals surface area contributed by atoms with Crippen molar-refractivity contribution >= 4 is 40.0 Å². The number of aryl methyl sites for hydroxylation is 1. The molecule has 2 aromatic heterocycles. The average Bonchev–Trinajstić information content (AvgIpc) is 3.31. The molecule has 0 unspecified atom stereocenters. The van der Waals surface area contributed by atoms with Gasteiger partial charge in [0.05, 0.1) is 16.7 Å². The Hall–Kier alpha value is -3.91. The summed E-state index contributed by atoms with van der Waals surface area (Å²) in [7, 11) is 0. The number of para-hydroxylation sites is 2. The molecule has 1 N–H and O–H groups in total. The minimum atomic E-state index is -0.126. The lowest BCUT2D eigenvalue weighted by molar-refractivity contribution is -0.113. The van der Waals surface area contributed by atoms with E-state index in [2.05, 4.69) is 27.6 Å². The van der Waals surface area contributed by atoms with E-state index in [0.29, 0.717) is 22.9 Å². The molecule has 0 aliphatic heterocycles. The van der Waals surface area contributed by atoms with E-state index in [-0.39, 0.29) is 17.2 Å². The molecule has 0 aliphatic carbocycles. The summed E-state index contributed by atoms with van der Waals surface area (Å²) < 4.78 is 3.52. The van der Waals surface area contributed by atoms with Crippen LogP contribution < -0.4 is 10.9 Å². The Bertz CT molecular complexity index is 1560. The quantitative estimate of drug-likeness (QED) is 0.321. The third kappa shape index (κ3) is 4.70. The van der Waals surface area contributed by atoms with Gasteiger partial charge in [0.1, 0.15) is 0 Å². The number of hydrogen-bond acceptors (Lipinski definition) is 5. The normalized spacial score (nSPS) is 11.2. The van der Waals surface area contributed by atoms with E-state index in [1.165, 1.54) is 17.3 Å². The number of carbonyl (C=O) groups is 1. The number of nitrogens with zero attached hydrogens (tertiary/aromatic N) is 4. The molecule has 0 saturated carbocycles. The van der Waals surface area contributed by atoms with Crippen molar-refractivity contribution < 1.29 is 4.79 Å². The summed E-state index contributed by atoms with van der Waals surface area (Å²) in [5, 5.41) is 12.8. The van der Waals surface area contributed by atoms with Crippen LogP contribution in [0, 0.1) is 0 Å². The van der Waals surface area contributed by atoms with Crippen LogP contribution in [0.3, 0.4) is 0 Å². The third-order valence-electron chi connectivity index (χ3n) is 5.79. The topological polar surface area (TPSA) is 81.3 Å². The molecule has 0 atom stereocenters. The van der Waals surface area contributed by atoms with Crippen LogP contribution in [0.1, 0.15) is 24.5 Å². The molecule has 0 radical (unpaired) electrons. The number of amides is 1. The van der Waals surface area contributed by atoms with Gasteiger partial charge in [0, 0.05) is 12.2 Å². The lowest BCUT2D eigenvalue weighted by atomic mass is 10.0. The van der Waals surface area contributed by atoms with E-state index in [1.54, 1.807) is 4.57 Å². The van der Waals surface area contributed by atoms with Gasteiger partial charge in [-0.15, -0.1) is 10.2 Å². The number of thioether (sulfide) groups is 1. The summed E-state index contributed by atoms with van der Waals surface area (Å²) in [6.45, 7) is 2.57. The number of anilines is 1. The molecule has 35 heavy (non-hydrogen) atoms. The van der Waals surface area contributed by atoms with Crippen LogP contribution in [-0.4, -0.2) is 30.8 Å². The van der Waals surface area contributed by atoms with Gasteiger partial charge in [0.25, 0.3) is 5.56 Å². The predicted octanol–water partition coefficient (Wildman–Crippen LogP) is 4.78. The number of hydrogen-bond donors (Lipinski definition) is 1. The van der Waals surface area contributed by atoms with Crippen molar-refractivity contribution in [2.75, 3.05) is 11.1 Å². The maximum atomic E-state index is 13.0. The molecule has 5 rings (SSSR count). The van der Waals surface area contributed by atoms with Gasteiger partial charge in [0.15, 0.2) is 5.16 Å². The monoisotopic (exact) mass is 483 g/mol. The Morgan fingerprint density at radius 2 is 1.69 bits per heavy atom. The fourth-order valence-corrected chi connectivity index (χ4v) is 4.92. The van der Waals surface area contributed by atoms with Gasteiger partial charge >= 0.3 is 0 Å². The third-order valence-corrected chi connectivity index (χ3v) is 6.72. The van der Waals surface area contributed by atoms with Crippen molar-refractivity contribution in [2.45, 2.75) is 31.5 Å². The summed E-state index contributed by atoms with van der Waals surface area (Å²) in [5.41, 5.74) is 3.70. The minimum absolute atomic E-state index is 0.0772. The summed E-state index contributed by atoms with van der Waals surface area (Å²) >= 11 is 1.30. The van der Waals surface area contributed by atoms with Crippen molar-refractivity contribution in [1.29, 1.82) is 0 Å². The van der Waals surface area contributed by atoms with Crippen LogP contribution in [-0.2, 0) is 17.8 Å². The average molecular weight is 484 g/mol. The van der Waals surface area contributed by atoms with Crippen LogP contribution in [0.25, 0.3) is 16.7 Å². The molecule has 1 amide bonds. The number of rotatable bonds is 8. The van der Waals surface area contributed by atoms with Gasteiger partial charge in [-0.1, -0.05) is 79.3 Å².